The summed E-state index contributed by atoms with van der Waals surface area (Å²) in [6.45, 7) is 6.18. The highest BCUT2D eigenvalue weighted by molar-refractivity contribution is 4.99. The van der Waals surface area contributed by atoms with E-state index in [2.05, 4.69) is 23.1 Å². The molecule has 2 N–H and O–H groups in total. The van der Waals surface area contributed by atoms with Crippen LogP contribution in [0.5, 0.6) is 0 Å². The Kier molecular flexibility index (Phi) is 2.33. The number of aryl methyl sites for hydroxylation is 1. The molecule has 0 spiro atoms. The quantitative estimate of drug-likeness (QED) is 0.703. The second kappa shape index (κ2) is 3.47. The second-order valence-electron chi connectivity index (χ2n) is 3.80. The van der Waals surface area contributed by atoms with E-state index in [0.717, 1.165) is 26.2 Å². The van der Waals surface area contributed by atoms with E-state index < -0.39 is 0 Å². The van der Waals surface area contributed by atoms with Crippen molar-refractivity contribution in [3.8, 4) is 0 Å². The van der Waals surface area contributed by atoms with Crippen LogP contribution < -0.4 is 5.73 Å². The molecule has 1 saturated heterocycles. The average Bonchev–Trinajstić information content (AvgIpc) is 2.43. The predicted octanol–water partition coefficient (Wildman–Crippen LogP) is -0.166. The first kappa shape index (κ1) is 8.72. The Balaban J connectivity index is 1.74. The standard InChI is InChI=1S/C9H16N4/c1-8-4-11-13(5-8)3-2-12-6-9(10)7-12/h4-5,9H,2-3,6-7,10H2,1H3. The van der Waals surface area contributed by atoms with Gasteiger partial charge in [-0.05, 0) is 12.5 Å². The monoisotopic (exact) mass is 180 g/mol. The van der Waals surface area contributed by atoms with E-state index in [-0.39, 0.29) is 0 Å². The molecule has 0 radical (unpaired) electrons. The van der Waals surface area contributed by atoms with Crippen molar-refractivity contribution in [2.45, 2.75) is 19.5 Å². The zero-order chi connectivity index (χ0) is 9.26. The number of nitrogens with zero attached hydrogens (tertiary/aromatic N) is 3. The van der Waals surface area contributed by atoms with Gasteiger partial charge in [0.15, 0.2) is 0 Å². The summed E-state index contributed by atoms with van der Waals surface area (Å²) in [7, 11) is 0. The third kappa shape index (κ3) is 2.08. The lowest BCUT2D eigenvalue weighted by molar-refractivity contribution is 0.143. The summed E-state index contributed by atoms with van der Waals surface area (Å²) in [6, 6.07) is 0.402. The van der Waals surface area contributed by atoms with Crippen LogP contribution >= 0.6 is 0 Å². The Bertz CT molecular complexity index is 275. The molecule has 0 aromatic carbocycles. The van der Waals surface area contributed by atoms with Crippen molar-refractivity contribution in [3.05, 3.63) is 18.0 Å². The van der Waals surface area contributed by atoms with Crippen LogP contribution in [0.25, 0.3) is 0 Å². The van der Waals surface area contributed by atoms with Crippen LogP contribution in [0.4, 0.5) is 0 Å². The zero-order valence-electron chi connectivity index (χ0n) is 7.98. The third-order valence-corrected chi connectivity index (χ3v) is 2.39. The van der Waals surface area contributed by atoms with E-state index in [9.17, 15) is 0 Å². The fraction of sp³-hybridized carbons (Fsp3) is 0.667. The first-order valence-electron chi connectivity index (χ1n) is 4.71. The lowest BCUT2D eigenvalue weighted by Crippen LogP contribution is -2.56. The first-order valence-corrected chi connectivity index (χ1v) is 4.71. The molecule has 0 aliphatic carbocycles. The minimum Gasteiger partial charge on any atom is -0.325 e. The minimum atomic E-state index is 0.402. The SMILES string of the molecule is Cc1cnn(CCN2CC(N)C2)c1. The smallest absolute Gasteiger partial charge is 0.0536 e. The maximum atomic E-state index is 5.68. The van der Waals surface area contributed by atoms with Crippen LogP contribution in [0.2, 0.25) is 0 Å². The lowest BCUT2D eigenvalue weighted by atomic mass is 10.1. The summed E-state index contributed by atoms with van der Waals surface area (Å²) in [4.78, 5) is 2.35. The molecule has 72 valence electrons. The molecule has 0 amide bonds. The van der Waals surface area contributed by atoms with Gasteiger partial charge in [-0.25, -0.2) is 0 Å². The number of hydrogen-bond donors (Lipinski definition) is 1. The highest BCUT2D eigenvalue weighted by Crippen LogP contribution is 2.04. The van der Waals surface area contributed by atoms with Gasteiger partial charge >= 0.3 is 0 Å². The summed E-state index contributed by atoms with van der Waals surface area (Å²) in [5.74, 6) is 0. The van der Waals surface area contributed by atoms with Crippen LogP contribution in [0.15, 0.2) is 12.4 Å². The maximum absolute atomic E-state index is 5.68. The molecule has 1 aromatic rings. The van der Waals surface area contributed by atoms with E-state index in [0.29, 0.717) is 6.04 Å². The summed E-state index contributed by atoms with van der Waals surface area (Å²) in [5, 5.41) is 4.22. The number of likely N-dealkylation sites (tertiary alicyclic amines) is 1. The molecule has 1 fully saturated rings. The van der Waals surface area contributed by atoms with Crippen molar-refractivity contribution in [1.82, 2.24) is 14.7 Å². The molecule has 1 aliphatic heterocycles. The number of rotatable bonds is 3. The average molecular weight is 180 g/mol. The van der Waals surface area contributed by atoms with Gasteiger partial charge in [-0.1, -0.05) is 0 Å². The van der Waals surface area contributed by atoms with Crippen LogP contribution in [0.3, 0.4) is 0 Å². The van der Waals surface area contributed by atoms with Crippen LogP contribution in [-0.4, -0.2) is 40.4 Å². The van der Waals surface area contributed by atoms with E-state index in [1.165, 1.54) is 5.56 Å². The van der Waals surface area contributed by atoms with Crippen LogP contribution in [0, 0.1) is 6.92 Å². The number of hydrogen-bond acceptors (Lipinski definition) is 3. The predicted molar refractivity (Wildman–Crippen MR) is 51.4 cm³/mol. The molecule has 0 unspecified atom stereocenters. The van der Waals surface area contributed by atoms with Gasteiger partial charge in [0.05, 0.1) is 12.7 Å². The molecular weight excluding hydrogens is 164 g/mol. The fourth-order valence-electron chi connectivity index (χ4n) is 1.63. The van der Waals surface area contributed by atoms with E-state index in [4.69, 9.17) is 5.73 Å². The van der Waals surface area contributed by atoms with E-state index in [1.54, 1.807) is 0 Å². The van der Waals surface area contributed by atoms with E-state index >= 15 is 0 Å². The number of aromatic nitrogens is 2. The zero-order valence-corrected chi connectivity index (χ0v) is 7.98. The van der Waals surface area contributed by atoms with Gasteiger partial charge in [-0.15, -0.1) is 0 Å². The fourth-order valence-corrected chi connectivity index (χ4v) is 1.63. The lowest BCUT2D eigenvalue weighted by Gasteiger charge is -2.36. The molecule has 2 rings (SSSR count). The summed E-state index contributed by atoms with van der Waals surface area (Å²) in [6.07, 6.45) is 3.96. The number of nitrogens with two attached hydrogens (primary N) is 1. The minimum absolute atomic E-state index is 0.402. The van der Waals surface area contributed by atoms with Crippen molar-refractivity contribution >= 4 is 0 Å². The van der Waals surface area contributed by atoms with Gasteiger partial charge in [-0.2, -0.15) is 5.10 Å². The molecule has 13 heavy (non-hydrogen) atoms. The molecule has 0 bridgehead atoms. The normalized spacial score (nSPS) is 18.9. The van der Waals surface area contributed by atoms with Crippen molar-refractivity contribution in [3.63, 3.8) is 0 Å². The molecule has 4 nitrogen and oxygen atoms in total. The highest BCUT2D eigenvalue weighted by Gasteiger charge is 2.21. The Morgan fingerprint density at radius 2 is 2.31 bits per heavy atom. The Morgan fingerprint density at radius 3 is 2.85 bits per heavy atom. The topological polar surface area (TPSA) is 47.1 Å². The van der Waals surface area contributed by atoms with Gasteiger partial charge in [0.1, 0.15) is 0 Å². The van der Waals surface area contributed by atoms with Crippen molar-refractivity contribution < 1.29 is 0 Å². The molecule has 1 aromatic heterocycles. The van der Waals surface area contributed by atoms with Crippen molar-refractivity contribution in [1.29, 1.82) is 0 Å². The maximum Gasteiger partial charge on any atom is 0.0536 e. The molecule has 0 saturated carbocycles. The molecule has 0 atom stereocenters. The van der Waals surface area contributed by atoms with Gasteiger partial charge in [-0.3, -0.25) is 9.58 Å². The summed E-state index contributed by atoms with van der Waals surface area (Å²) >= 11 is 0. The Morgan fingerprint density at radius 1 is 1.54 bits per heavy atom. The van der Waals surface area contributed by atoms with Gasteiger partial charge < -0.3 is 5.73 Å². The van der Waals surface area contributed by atoms with Gasteiger partial charge in [0.2, 0.25) is 0 Å². The molecule has 4 heteroatoms. The third-order valence-electron chi connectivity index (χ3n) is 2.39. The van der Waals surface area contributed by atoms with Crippen LogP contribution in [0.1, 0.15) is 5.56 Å². The first-order chi connectivity index (χ1) is 6.24. The Labute approximate surface area is 78.3 Å². The van der Waals surface area contributed by atoms with Crippen molar-refractivity contribution in [2.75, 3.05) is 19.6 Å². The second-order valence-corrected chi connectivity index (χ2v) is 3.80. The summed E-state index contributed by atoms with van der Waals surface area (Å²) < 4.78 is 1.99. The summed E-state index contributed by atoms with van der Waals surface area (Å²) in [5.41, 5.74) is 6.90. The molecule has 2 heterocycles. The largest absolute Gasteiger partial charge is 0.325 e. The highest BCUT2D eigenvalue weighted by atomic mass is 15.3. The molecule has 1 aliphatic rings. The van der Waals surface area contributed by atoms with Gasteiger partial charge in [0, 0.05) is 31.9 Å². The van der Waals surface area contributed by atoms with Crippen LogP contribution in [-0.2, 0) is 6.54 Å². The molecular formula is C9H16N4. The van der Waals surface area contributed by atoms with Gasteiger partial charge in [0.25, 0.3) is 0 Å². The Hall–Kier alpha value is -0.870. The van der Waals surface area contributed by atoms with E-state index in [1.807, 2.05) is 10.9 Å². The van der Waals surface area contributed by atoms with Crippen molar-refractivity contribution in [2.24, 2.45) is 5.73 Å².